The fraction of sp³-hybridized carbons (Fsp3) is 0.516. The van der Waals surface area contributed by atoms with Crippen LogP contribution in [0.2, 0.25) is 0 Å². The summed E-state index contributed by atoms with van der Waals surface area (Å²) < 4.78 is 51.6. The van der Waals surface area contributed by atoms with Crippen LogP contribution in [0.3, 0.4) is 0 Å². The Morgan fingerprint density at radius 1 is 0.692 bits per heavy atom. The van der Waals surface area contributed by atoms with Crippen LogP contribution >= 0.6 is 8.53 Å². The van der Waals surface area contributed by atoms with E-state index < -0.39 is 38.7 Å². The number of unbranched alkanes of at least 4 members (excludes halogenated alkanes) is 13. The number of benzene rings is 4. The van der Waals surface area contributed by atoms with E-state index in [1.165, 1.54) is 77.0 Å². The lowest BCUT2D eigenvalue weighted by atomic mass is 9.80. The minimum Gasteiger partial charge on any atom is -0.497 e. The van der Waals surface area contributed by atoms with Gasteiger partial charge in [-0.15, -0.1) is 0 Å². The Hall–Kier alpha value is -5.35. The van der Waals surface area contributed by atoms with Crippen molar-refractivity contribution in [2.45, 2.75) is 167 Å². The smallest absolute Gasteiger partial charge is 0.259 e. The molecule has 422 valence electrons. The molecule has 2 aromatic heterocycles. The molecule has 1 amide bonds. The molecular formula is C62H86N7O8P. The lowest BCUT2D eigenvalue weighted by Gasteiger charge is -2.39. The number of carbonyl (C=O) groups excluding carboxylic acids is 1. The van der Waals surface area contributed by atoms with Crippen molar-refractivity contribution in [1.82, 2.24) is 24.2 Å². The van der Waals surface area contributed by atoms with Crippen molar-refractivity contribution in [2.24, 2.45) is 5.73 Å². The quantitative estimate of drug-likeness (QED) is 0.0219. The van der Waals surface area contributed by atoms with Crippen LogP contribution in [-0.4, -0.2) is 101 Å². The molecule has 3 N–H and O–H groups in total. The second-order valence-electron chi connectivity index (χ2n) is 20.7. The molecule has 15 nitrogen and oxygen atoms in total. The van der Waals surface area contributed by atoms with Gasteiger partial charge in [-0.2, -0.15) is 0 Å². The number of nitrogens with one attached hydrogen (secondary N) is 1. The predicted octanol–water partition coefficient (Wildman–Crippen LogP) is 13.6. The number of hydrogen-bond acceptors (Lipinski definition) is 13. The number of aromatic nitrogens is 4. The maximum atomic E-state index is 13.5. The fourth-order valence-corrected chi connectivity index (χ4v) is 12.2. The van der Waals surface area contributed by atoms with E-state index in [-0.39, 0.29) is 37.0 Å². The Kier molecular flexibility index (Phi) is 24.3. The monoisotopic (exact) mass is 1090 g/mol. The van der Waals surface area contributed by atoms with Gasteiger partial charge in [-0.3, -0.25) is 9.36 Å². The van der Waals surface area contributed by atoms with E-state index in [9.17, 15) is 4.79 Å². The van der Waals surface area contributed by atoms with Gasteiger partial charge in [0.05, 0.1) is 33.8 Å². The molecule has 7 rings (SSSR count). The number of fused-ring (bicyclic) bond motifs is 1. The topological polar surface area (TPSA) is 167 Å². The summed E-state index contributed by atoms with van der Waals surface area (Å²) in [6.07, 6.45) is 17.6. The van der Waals surface area contributed by atoms with Crippen molar-refractivity contribution in [3.05, 3.63) is 144 Å². The van der Waals surface area contributed by atoms with E-state index in [1.54, 1.807) is 32.7 Å². The molecule has 1 saturated heterocycles. The van der Waals surface area contributed by atoms with Crippen LogP contribution in [0.25, 0.3) is 11.2 Å². The van der Waals surface area contributed by atoms with Crippen molar-refractivity contribution in [3.8, 4) is 11.5 Å². The van der Waals surface area contributed by atoms with Crippen LogP contribution in [0, 0.1) is 0 Å². The number of nitrogens with two attached hydrogens (primary N) is 1. The Morgan fingerprint density at radius 3 is 1.77 bits per heavy atom. The number of nitrogens with zero attached hydrogens (tertiary/aromatic N) is 5. The second kappa shape index (κ2) is 31.4. The minimum absolute atomic E-state index is 0.0379. The lowest BCUT2D eigenvalue weighted by molar-refractivity contribution is -0.0954. The van der Waals surface area contributed by atoms with E-state index in [0.717, 1.165) is 47.5 Å². The predicted molar refractivity (Wildman–Crippen MR) is 311 cm³/mol. The first-order chi connectivity index (χ1) is 38.1. The first-order valence-electron chi connectivity index (χ1n) is 28.5. The number of carbonyl (C=O) groups is 1. The van der Waals surface area contributed by atoms with Crippen molar-refractivity contribution in [3.63, 3.8) is 0 Å². The molecular weight excluding hydrogens is 1000 g/mol. The van der Waals surface area contributed by atoms with Gasteiger partial charge >= 0.3 is 0 Å². The summed E-state index contributed by atoms with van der Waals surface area (Å²) in [5.74, 6) is 1.39. The van der Waals surface area contributed by atoms with E-state index in [4.69, 9.17) is 48.4 Å². The van der Waals surface area contributed by atoms with Crippen molar-refractivity contribution in [1.29, 1.82) is 0 Å². The average molecular weight is 1090 g/mol. The molecule has 3 unspecified atom stereocenters. The van der Waals surface area contributed by atoms with E-state index >= 15 is 0 Å². The highest BCUT2D eigenvalue weighted by molar-refractivity contribution is 7.44. The van der Waals surface area contributed by atoms with Crippen molar-refractivity contribution >= 4 is 31.4 Å². The van der Waals surface area contributed by atoms with Crippen molar-refractivity contribution < 1.29 is 37.5 Å². The average Bonchev–Trinajstić information content (AvgIpc) is 4.14. The minimum atomic E-state index is -1.73. The Morgan fingerprint density at radius 2 is 1.23 bits per heavy atom. The van der Waals surface area contributed by atoms with Gasteiger partial charge in [0.25, 0.3) is 14.4 Å². The largest absolute Gasteiger partial charge is 0.497 e. The highest BCUT2D eigenvalue weighted by atomic mass is 31.2. The summed E-state index contributed by atoms with van der Waals surface area (Å²) in [5, 5.41) is 2.97. The van der Waals surface area contributed by atoms with Gasteiger partial charge in [0.1, 0.15) is 41.7 Å². The van der Waals surface area contributed by atoms with Crippen LogP contribution in [-0.2, 0) is 28.9 Å². The van der Waals surface area contributed by atoms with Crippen LogP contribution in [0.15, 0.2) is 122 Å². The number of rotatable bonds is 35. The Balaban J connectivity index is 1.24. The van der Waals surface area contributed by atoms with E-state index in [0.29, 0.717) is 29.9 Å². The number of anilines is 1. The van der Waals surface area contributed by atoms with Gasteiger partial charge in [0, 0.05) is 30.8 Å². The molecule has 3 heterocycles. The molecule has 1 aliphatic rings. The van der Waals surface area contributed by atoms with Crippen LogP contribution in [0.5, 0.6) is 11.5 Å². The molecule has 0 spiro atoms. The maximum Gasteiger partial charge on any atom is 0.259 e. The molecule has 78 heavy (non-hydrogen) atoms. The summed E-state index contributed by atoms with van der Waals surface area (Å²) in [4.78, 5) is 27.6. The molecule has 6 aromatic rings. The van der Waals surface area contributed by atoms with Crippen LogP contribution in [0.4, 0.5) is 5.82 Å². The normalized spacial score (nSPS) is 17.1. The zero-order valence-corrected chi connectivity index (χ0v) is 48.2. The van der Waals surface area contributed by atoms with E-state index in [2.05, 4.69) is 61.7 Å². The number of imidazole rings is 1. The second-order valence-corrected chi connectivity index (χ2v) is 22.1. The number of hydrogen-bond donors (Lipinski definition) is 2. The molecule has 0 saturated carbocycles. The van der Waals surface area contributed by atoms with Gasteiger partial charge in [0.15, 0.2) is 23.2 Å². The molecule has 16 heteroatoms. The van der Waals surface area contributed by atoms with Gasteiger partial charge in [-0.25, -0.2) is 19.6 Å². The SMILES string of the molecule is CCCCCCCCCCCCCCCCOC1C(OP(OCCN)N(C(C)C)C(C)C)[C@@H](COC(c2ccccc2)(c2ccc(OC)cc2)c2ccc(OC)cc2)O[C@H]1n1cnc2c(NC(=O)c3ccccc3)ncnc21. The van der Waals surface area contributed by atoms with Crippen LogP contribution < -0.4 is 20.5 Å². The summed E-state index contributed by atoms with van der Waals surface area (Å²) >= 11 is 0. The van der Waals surface area contributed by atoms with Gasteiger partial charge in [0.2, 0.25) is 0 Å². The standard InChI is InChI=1S/C62H86N7O8P/c1-8-9-10-11-12-13-14-15-16-17-18-19-20-27-41-73-57-56(77-78(75-42-40-63)69(46(2)3)47(4)5)54(76-61(57)68-45-66-55-58(64-44-65-59(55)68)67-60(70)48-28-23-21-24-29-48)43-74-62(49-30-25-22-26-31-49,50-32-36-52(71-6)37-33-50)51-34-38-53(72-7)39-35-51/h21-26,28-39,44-47,54,56-57,61H,8-20,27,40-43,63H2,1-7H3,(H,64,65,67,70)/t54-,56?,57?,61-,78?/m1/s1. The molecule has 0 aliphatic carbocycles. The summed E-state index contributed by atoms with van der Waals surface area (Å²) in [5.41, 5.74) is 8.97. The highest BCUT2D eigenvalue weighted by Crippen LogP contribution is 2.51. The number of amides is 1. The zero-order valence-electron chi connectivity index (χ0n) is 47.3. The first kappa shape index (κ1) is 60.3. The van der Waals surface area contributed by atoms with Gasteiger partial charge in [-0.05, 0) is 87.2 Å². The molecule has 1 aliphatic heterocycles. The first-order valence-corrected chi connectivity index (χ1v) is 29.6. The van der Waals surface area contributed by atoms with Crippen molar-refractivity contribution in [2.75, 3.05) is 45.9 Å². The third kappa shape index (κ3) is 15.9. The molecule has 0 bridgehead atoms. The Bertz CT molecular complexity index is 2590. The van der Waals surface area contributed by atoms with Crippen LogP contribution in [0.1, 0.15) is 158 Å². The lowest BCUT2D eigenvalue weighted by Crippen LogP contribution is -2.43. The summed E-state index contributed by atoms with van der Waals surface area (Å²) in [6.45, 7) is 12.0. The number of ether oxygens (including phenoxy) is 5. The number of methoxy groups -OCH3 is 2. The van der Waals surface area contributed by atoms with E-state index in [1.807, 2.05) is 89.5 Å². The van der Waals surface area contributed by atoms with Gasteiger partial charge < -0.3 is 43.8 Å². The zero-order chi connectivity index (χ0) is 55.1. The molecule has 4 aromatic carbocycles. The molecule has 0 radical (unpaired) electrons. The highest BCUT2D eigenvalue weighted by Gasteiger charge is 2.52. The Labute approximate surface area is 465 Å². The fourth-order valence-electron chi connectivity index (χ4n) is 10.4. The molecule has 5 atom stereocenters. The third-order valence-corrected chi connectivity index (χ3v) is 16.5. The van der Waals surface area contributed by atoms with Gasteiger partial charge in [-0.1, -0.05) is 163 Å². The maximum absolute atomic E-state index is 13.5. The summed E-state index contributed by atoms with van der Waals surface area (Å²) in [6, 6.07) is 35.3. The summed E-state index contributed by atoms with van der Waals surface area (Å²) in [7, 11) is 1.59. The molecule has 1 fully saturated rings. The third-order valence-electron chi connectivity index (χ3n) is 14.4.